The summed E-state index contributed by atoms with van der Waals surface area (Å²) in [6.45, 7) is 0. The summed E-state index contributed by atoms with van der Waals surface area (Å²) in [5.41, 5.74) is 2.16. The van der Waals surface area contributed by atoms with Crippen molar-refractivity contribution >= 4 is 49.7 Å². The van der Waals surface area contributed by atoms with Crippen molar-refractivity contribution in [3.63, 3.8) is 0 Å². The molecular weight excluding hydrogens is 444 g/mol. The second-order valence-electron chi connectivity index (χ2n) is 7.94. The molecule has 0 unspecified atom stereocenters. The number of sulfonamides is 1. The third-order valence-electron chi connectivity index (χ3n) is 5.74. The van der Waals surface area contributed by atoms with E-state index in [0.717, 1.165) is 23.9 Å². The molecule has 0 aliphatic heterocycles. The van der Waals surface area contributed by atoms with Gasteiger partial charge in [-0.2, -0.15) is 10.1 Å². The van der Waals surface area contributed by atoms with Crippen LogP contribution in [0.4, 0.5) is 17.3 Å². The van der Waals surface area contributed by atoms with Crippen molar-refractivity contribution in [2.45, 2.75) is 48.8 Å². The third-order valence-corrected chi connectivity index (χ3v) is 8.52. The minimum Gasteiger partial charge on any atom is -0.307 e. The van der Waals surface area contributed by atoms with Crippen molar-refractivity contribution in [1.82, 2.24) is 20.2 Å². The Bertz CT molecular complexity index is 1280. The molecule has 0 atom stereocenters. The largest absolute Gasteiger partial charge is 0.307 e. The van der Waals surface area contributed by atoms with Gasteiger partial charge in [-0.25, -0.2) is 13.4 Å². The SMILES string of the molecule is O=S(=O)(Nc1ccc(N(c2ncc3cn[nH]c3n2)C2CCCCCC2)cc1)c1cccs1. The number of rotatable bonds is 6. The van der Waals surface area contributed by atoms with Gasteiger partial charge in [0, 0.05) is 23.6 Å². The Labute approximate surface area is 190 Å². The van der Waals surface area contributed by atoms with Gasteiger partial charge in [0.15, 0.2) is 5.65 Å². The van der Waals surface area contributed by atoms with Gasteiger partial charge in [0.1, 0.15) is 4.21 Å². The maximum absolute atomic E-state index is 12.5. The lowest BCUT2D eigenvalue weighted by atomic mass is 10.1. The minimum atomic E-state index is -3.58. The van der Waals surface area contributed by atoms with E-state index in [9.17, 15) is 8.42 Å². The van der Waals surface area contributed by atoms with E-state index in [2.05, 4.69) is 24.8 Å². The molecule has 0 saturated heterocycles. The molecular formula is C22H24N6O2S2. The predicted octanol–water partition coefficient (Wildman–Crippen LogP) is 5.08. The third kappa shape index (κ3) is 4.33. The van der Waals surface area contributed by atoms with Gasteiger partial charge in [0.2, 0.25) is 5.95 Å². The fraction of sp³-hybridized carbons (Fsp3) is 0.318. The van der Waals surface area contributed by atoms with Crippen LogP contribution in [0.25, 0.3) is 11.0 Å². The van der Waals surface area contributed by atoms with Crippen LogP contribution in [0.15, 0.2) is 58.4 Å². The molecule has 1 aliphatic rings. The number of hydrogen-bond acceptors (Lipinski definition) is 7. The maximum Gasteiger partial charge on any atom is 0.271 e. The Morgan fingerprint density at radius 2 is 1.81 bits per heavy atom. The van der Waals surface area contributed by atoms with Crippen molar-refractivity contribution in [1.29, 1.82) is 0 Å². The lowest BCUT2D eigenvalue weighted by Gasteiger charge is -2.31. The molecule has 0 radical (unpaired) electrons. The van der Waals surface area contributed by atoms with E-state index in [-0.39, 0.29) is 6.04 Å². The van der Waals surface area contributed by atoms with Crippen molar-refractivity contribution in [3.05, 3.63) is 54.2 Å². The van der Waals surface area contributed by atoms with E-state index in [1.807, 2.05) is 12.1 Å². The second kappa shape index (κ2) is 8.87. The molecule has 1 aromatic carbocycles. The first-order valence-corrected chi connectivity index (χ1v) is 13.1. The van der Waals surface area contributed by atoms with E-state index < -0.39 is 10.0 Å². The van der Waals surface area contributed by atoms with Gasteiger partial charge in [0.25, 0.3) is 10.0 Å². The van der Waals surface area contributed by atoms with Crippen LogP contribution in [0.1, 0.15) is 38.5 Å². The molecule has 5 rings (SSSR count). The van der Waals surface area contributed by atoms with Gasteiger partial charge in [-0.05, 0) is 48.6 Å². The van der Waals surface area contributed by atoms with Crippen LogP contribution in [-0.4, -0.2) is 34.6 Å². The van der Waals surface area contributed by atoms with Gasteiger partial charge in [-0.3, -0.25) is 9.82 Å². The summed E-state index contributed by atoms with van der Waals surface area (Å²) in [5.74, 6) is 0.626. The van der Waals surface area contributed by atoms with E-state index >= 15 is 0 Å². The first-order valence-electron chi connectivity index (χ1n) is 10.7. The quantitative estimate of drug-likeness (QED) is 0.383. The number of thiophene rings is 1. The molecule has 2 N–H and O–H groups in total. The predicted molar refractivity (Wildman–Crippen MR) is 127 cm³/mol. The number of benzene rings is 1. The molecule has 10 heteroatoms. The zero-order chi connectivity index (χ0) is 22.0. The van der Waals surface area contributed by atoms with Gasteiger partial charge in [-0.1, -0.05) is 31.7 Å². The topological polar surface area (TPSA) is 104 Å². The molecule has 8 nitrogen and oxygen atoms in total. The zero-order valence-corrected chi connectivity index (χ0v) is 19.1. The Morgan fingerprint density at radius 3 is 2.53 bits per heavy atom. The summed E-state index contributed by atoms with van der Waals surface area (Å²) in [5, 5.41) is 9.60. The van der Waals surface area contributed by atoms with E-state index in [1.54, 1.807) is 42.0 Å². The number of aromatic nitrogens is 4. The summed E-state index contributed by atoms with van der Waals surface area (Å²) in [7, 11) is -3.58. The monoisotopic (exact) mass is 468 g/mol. The summed E-state index contributed by atoms with van der Waals surface area (Å²) in [6.07, 6.45) is 10.5. The summed E-state index contributed by atoms with van der Waals surface area (Å²) >= 11 is 1.19. The molecule has 1 saturated carbocycles. The highest BCUT2D eigenvalue weighted by Gasteiger charge is 2.25. The average Bonchev–Trinajstić information content (AvgIpc) is 3.43. The normalized spacial score (nSPS) is 15.5. The fourth-order valence-corrected chi connectivity index (χ4v) is 6.21. The number of fused-ring (bicyclic) bond motifs is 1. The number of anilines is 3. The van der Waals surface area contributed by atoms with Crippen LogP contribution in [-0.2, 0) is 10.0 Å². The van der Waals surface area contributed by atoms with Crippen LogP contribution >= 0.6 is 11.3 Å². The summed E-state index contributed by atoms with van der Waals surface area (Å²) in [6, 6.07) is 11.0. The maximum atomic E-state index is 12.5. The minimum absolute atomic E-state index is 0.284. The van der Waals surface area contributed by atoms with Crippen molar-refractivity contribution < 1.29 is 8.42 Å². The number of hydrogen-bond donors (Lipinski definition) is 2. The molecule has 1 fully saturated rings. The number of nitrogens with zero attached hydrogens (tertiary/aromatic N) is 4. The number of nitrogens with one attached hydrogen (secondary N) is 2. The molecule has 166 valence electrons. The molecule has 0 amide bonds. The highest BCUT2D eigenvalue weighted by Crippen LogP contribution is 2.33. The molecule has 0 spiro atoms. The molecule has 3 heterocycles. The van der Waals surface area contributed by atoms with Gasteiger partial charge in [-0.15, -0.1) is 11.3 Å². The average molecular weight is 469 g/mol. The Morgan fingerprint density at radius 1 is 1.03 bits per heavy atom. The van der Waals surface area contributed by atoms with Crippen molar-refractivity contribution in [2.75, 3.05) is 9.62 Å². The first kappa shape index (κ1) is 20.9. The zero-order valence-electron chi connectivity index (χ0n) is 17.4. The molecule has 32 heavy (non-hydrogen) atoms. The highest BCUT2D eigenvalue weighted by molar-refractivity contribution is 7.94. The Balaban J connectivity index is 1.47. The summed E-state index contributed by atoms with van der Waals surface area (Å²) < 4.78 is 28.0. The molecule has 3 aromatic heterocycles. The van der Waals surface area contributed by atoms with Gasteiger partial charge < -0.3 is 4.90 Å². The molecule has 1 aliphatic carbocycles. The van der Waals surface area contributed by atoms with E-state index in [4.69, 9.17) is 4.98 Å². The van der Waals surface area contributed by atoms with Crippen LogP contribution in [0.5, 0.6) is 0 Å². The van der Waals surface area contributed by atoms with Gasteiger partial charge in [0.05, 0.1) is 11.6 Å². The van der Waals surface area contributed by atoms with Crippen LogP contribution in [0, 0.1) is 0 Å². The van der Waals surface area contributed by atoms with Gasteiger partial charge >= 0.3 is 0 Å². The van der Waals surface area contributed by atoms with E-state index in [0.29, 0.717) is 21.5 Å². The Hall–Kier alpha value is -2.98. The molecule has 4 aromatic rings. The van der Waals surface area contributed by atoms with E-state index in [1.165, 1.54) is 37.0 Å². The standard InChI is InChI=1S/C22H24N6O2S2/c29-32(30,20-8-5-13-31-20)27-17-9-11-19(12-10-17)28(18-6-3-1-2-4-7-18)22-23-14-16-15-24-26-21(16)25-22/h5,8-15,18,27H,1-4,6-7H2,(H,23,24,25,26). The molecule has 0 bridgehead atoms. The van der Waals surface area contributed by atoms with Crippen LogP contribution in [0.3, 0.4) is 0 Å². The summed E-state index contributed by atoms with van der Waals surface area (Å²) in [4.78, 5) is 11.5. The van der Waals surface area contributed by atoms with Crippen LogP contribution in [0.2, 0.25) is 0 Å². The lowest BCUT2D eigenvalue weighted by Crippen LogP contribution is -2.32. The van der Waals surface area contributed by atoms with Crippen molar-refractivity contribution in [3.8, 4) is 0 Å². The smallest absolute Gasteiger partial charge is 0.271 e. The first-order chi connectivity index (χ1) is 15.6. The fourth-order valence-electron chi connectivity index (χ4n) is 4.16. The Kier molecular flexibility index (Phi) is 5.79. The number of aromatic amines is 1. The number of H-pyrrole nitrogens is 1. The second-order valence-corrected chi connectivity index (χ2v) is 10.8. The van der Waals surface area contributed by atoms with Crippen molar-refractivity contribution in [2.24, 2.45) is 0 Å². The van der Waals surface area contributed by atoms with Crippen LogP contribution < -0.4 is 9.62 Å². The highest BCUT2D eigenvalue weighted by atomic mass is 32.2. The lowest BCUT2D eigenvalue weighted by molar-refractivity contribution is 0.562.